The molecule has 102 valence electrons. The molecule has 1 heterocycles. The third-order valence-corrected chi connectivity index (χ3v) is 2.91. The summed E-state index contributed by atoms with van der Waals surface area (Å²) < 4.78 is 5.04. The molecule has 0 aliphatic heterocycles. The van der Waals surface area contributed by atoms with Crippen LogP contribution in [0.25, 0.3) is 21.3 Å². The predicted molar refractivity (Wildman–Crippen MR) is 75.4 cm³/mol. The number of rotatable bonds is 5. The Kier molecular flexibility index (Phi) is 4.52. The summed E-state index contributed by atoms with van der Waals surface area (Å²) in [5.41, 5.74) is 10.4. The van der Waals surface area contributed by atoms with E-state index in [0.29, 0.717) is 18.6 Å². The van der Waals surface area contributed by atoms with Gasteiger partial charge in [0.25, 0.3) is 0 Å². The van der Waals surface area contributed by atoms with E-state index in [4.69, 9.17) is 10.3 Å². The van der Waals surface area contributed by atoms with E-state index in [1.165, 1.54) is 6.20 Å². The first-order valence-electron chi connectivity index (χ1n) is 6.32. The molecule has 0 unspecified atom stereocenters. The molecule has 0 aliphatic rings. The number of esters is 1. The third-order valence-electron chi connectivity index (χ3n) is 2.91. The summed E-state index contributed by atoms with van der Waals surface area (Å²) in [6.07, 6.45) is 1.99. The quantitative estimate of drug-likeness (QED) is 0.361. The average molecular weight is 270 g/mol. The number of azide groups is 1. The van der Waals surface area contributed by atoms with Gasteiger partial charge in [0.05, 0.1) is 17.7 Å². The van der Waals surface area contributed by atoms with Crippen LogP contribution in [0.4, 0.5) is 0 Å². The van der Waals surface area contributed by atoms with Crippen LogP contribution in [0.5, 0.6) is 0 Å². The van der Waals surface area contributed by atoms with Crippen molar-refractivity contribution in [2.24, 2.45) is 5.11 Å². The van der Waals surface area contributed by atoms with Crippen molar-refractivity contribution in [2.75, 3.05) is 13.2 Å². The first-order valence-corrected chi connectivity index (χ1v) is 6.32. The molecule has 1 aromatic heterocycles. The van der Waals surface area contributed by atoms with Crippen LogP contribution in [0.1, 0.15) is 22.8 Å². The number of nitrogens with zero attached hydrogens (tertiary/aromatic N) is 4. The van der Waals surface area contributed by atoms with Crippen LogP contribution in [-0.4, -0.2) is 24.1 Å². The van der Waals surface area contributed by atoms with E-state index < -0.39 is 5.97 Å². The van der Waals surface area contributed by atoms with Crippen molar-refractivity contribution in [3.05, 3.63) is 52.0 Å². The fraction of sp³-hybridized carbons (Fsp3) is 0.286. The summed E-state index contributed by atoms with van der Waals surface area (Å²) >= 11 is 0. The molecular weight excluding hydrogens is 256 g/mol. The zero-order valence-electron chi connectivity index (χ0n) is 11.1. The van der Waals surface area contributed by atoms with Crippen molar-refractivity contribution in [1.82, 2.24) is 4.98 Å². The van der Waals surface area contributed by atoms with E-state index in [1.807, 2.05) is 24.3 Å². The van der Waals surface area contributed by atoms with Crippen LogP contribution in [-0.2, 0) is 11.2 Å². The number of carbonyl (C=O) groups is 1. The van der Waals surface area contributed by atoms with Crippen molar-refractivity contribution in [3.63, 3.8) is 0 Å². The largest absolute Gasteiger partial charge is 0.462 e. The highest BCUT2D eigenvalue weighted by atomic mass is 16.5. The second kappa shape index (κ2) is 6.54. The summed E-state index contributed by atoms with van der Waals surface area (Å²) in [6.45, 7) is 2.35. The molecule has 0 N–H and O–H groups in total. The summed E-state index contributed by atoms with van der Waals surface area (Å²) in [4.78, 5) is 19.0. The fourth-order valence-electron chi connectivity index (χ4n) is 2.06. The Labute approximate surface area is 116 Å². The molecule has 0 radical (unpaired) electrons. The van der Waals surface area contributed by atoms with E-state index in [9.17, 15) is 4.79 Å². The molecule has 6 heteroatoms. The Bertz CT molecular complexity index is 678. The number of ether oxygens (including phenoxy) is 1. The lowest BCUT2D eigenvalue weighted by Gasteiger charge is -2.10. The smallest absolute Gasteiger partial charge is 0.339 e. The van der Waals surface area contributed by atoms with Crippen LogP contribution in [0.15, 0.2) is 35.6 Å². The summed E-state index contributed by atoms with van der Waals surface area (Å²) in [6, 6.07) is 7.55. The highest BCUT2D eigenvalue weighted by Crippen LogP contribution is 2.22. The summed E-state index contributed by atoms with van der Waals surface area (Å²) in [5, 5.41) is 4.41. The molecule has 0 amide bonds. The standard InChI is InChI=1S/C14H14N4O2/c1-2-20-14(19)12-9-16-13-6-4-3-5-11(13)10(12)7-8-17-18-15/h3-6,9H,2,7-8H2,1H3. The Hall–Kier alpha value is -2.59. The molecule has 0 fully saturated rings. The van der Waals surface area contributed by atoms with E-state index in [2.05, 4.69) is 15.0 Å². The van der Waals surface area contributed by atoms with Gasteiger partial charge in [0.2, 0.25) is 0 Å². The normalized spacial score (nSPS) is 10.1. The minimum atomic E-state index is -0.401. The van der Waals surface area contributed by atoms with Gasteiger partial charge in [-0.2, -0.15) is 0 Å². The molecule has 2 aromatic rings. The van der Waals surface area contributed by atoms with E-state index in [1.54, 1.807) is 6.92 Å². The van der Waals surface area contributed by atoms with Crippen LogP contribution < -0.4 is 0 Å². The number of fused-ring (bicyclic) bond motifs is 1. The maximum Gasteiger partial charge on any atom is 0.339 e. The predicted octanol–water partition coefficient (Wildman–Crippen LogP) is 3.26. The minimum absolute atomic E-state index is 0.289. The van der Waals surface area contributed by atoms with Crippen molar-refractivity contribution >= 4 is 16.9 Å². The van der Waals surface area contributed by atoms with E-state index in [0.717, 1.165) is 16.5 Å². The van der Waals surface area contributed by atoms with Gasteiger partial charge in [-0.3, -0.25) is 4.98 Å². The number of hydrogen-bond donors (Lipinski definition) is 0. The second-order valence-corrected chi connectivity index (χ2v) is 4.09. The van der Waals surface area contributed by atoms with Gasteiger partial charge in [-0.15, -0.1) is 0 Å². The van der Waals surface area contributed by atoms with Crippen LogP contribution in [0.3, 0.4) is 0 Å². The molecule has 0 atom stereocenters. The van der Waals surface area contributed by atoms with Crippen molar-refractivity contribution < 1.29 is 9.53 Å². The summed E-state index contributed by atoms with van der Waals surface area (Å²) in [7, 11) is 0. The zero-order valence-corrected chi connectivity index (χ0v) is 11.1. The van der Waals surface area contributed by atoms with Gasteiger partial charge >= 0.3 is 5.97 Å². The van der Waals surface area contributed by atoms with Gasteiger partial charge in [-0.05, 0) is 30.5 Å². The monoisotopic (exact) mass is 270 g/mol. The van der Waals surface area contributed by atoms with Gasteiger partial charge in [0, 0.05) is 23.0 Å². The molecule has 20 heavy (non-hydrogen) atoms. The lowest BCUT2D eigenvalue weighted by atomic mass is 10.0. The molecule has 0 bridgehead atoms. The third kappa shape index (κ3) is 2.87. The van der Waals surface area contributed by atoms with Gasteiger partial charge in [-0.25, -0.2) is 4.79 Å². The van der Waals surface area contributed by atoms with Gasteiger partial charge in [0.15, 0.2) is 0 Å². The number of pyridine rings is 1. The Morgan fingerprint density at radius 1 is 1.45 bits per heavy atom. The van der Waals surface area contributed by atoms with Crippen LogP contribution >= 0.6 is 0 Å². The van der Waals surface area contributed by atoms with Crippen LogP contribution in [0.2, 0.25) is 0 Å². The lowest BCUT2D eigenvalue weighted by Crippen LogP contribution is -2.10. The average Bonchev–Trinajstić information content (AvgIpc) is 2.47. The first kappa shape index (κ1) is 13.8. The number of aromatic nitrogens is 1. The molecule has 1 aromatic carbocycles. The minimum Gasteiger partial charge on any atom is -0.462 e. The fourth-order valence-corrected chi connectivity index (χ4v) is 2.06. The Morgan fingerprint density at radius 2 is 2.25 bits per heavy atom. The zero-order chi connectivity index (χ0) is 14.4. The van der Waals surface area contributed by atoms with Gasteiger partial charge in [0.1, 0.15) is 0 Å². The van der Waals surface area contributed by atoms with Gasteiger partial charge < -0.3 is 4.74 Å². The Morgan fingerprint density at radius 3 is 3.00 bits per heavy atom. The van der Waals surface area contributed by atoms with Crippen molar-refractivity contribution in [3.8, 4) is 0 Å². The molecular formula is C14H14N4O2. The number of benzene rings is 1. The van der Waals surface area contributed by atoms with Crippen molar-refractivity contribution in [1.29, 1.82) is 0 Å². The number of para-hydroxylation sites is 1. The topological polar surface area (TPSA) is 88.0 Å². The SMILES string of the molecule is CCOC(=O)c1cnc2ccccc2c1CCN=[N+]=[N-]. The van der Waals surface area contributed by atoms with E-state index in [-0.39, 0.29) is 6.54 Å². The molecule has 2 rings (SSSR count). The number of carbonyl (C=O) groups excluding carboxylic acids is 1. The summed E-state index contributed by atoms with van der Waals surface area (Å²) in [5.74, 6) is -0.401. The maximum atomic E-state index is 12.0. The second-order valence-electron chi connectivity index (χ2n) is 4.09. The lowest BCUT2D eigenvalue weighted by molar-refractivity contribution is 0.0525. The molecule has 0 saturated heterocycles. The van der Waals surface area contributed by atoms with Crippen molar-refractivity contribution in [2.45, 2.75) is 13.3 Å². The molecule has 6 nitrogen and oxygen atoms in total. The highest BCUT2D eigenvalue weighted by Gasteiger charge is 2.15. The molecule has 0 saturated carbocycles. The highest BCUT2D eigenvalue weighted by molar-refractivity contribution is 5.97. The van der Waals surface area contributed by atoms with Gasteiger partial charge in [-0.1, -0.05) is 23.3 Å². The first-order chi connectivity index (χ1) is 9.77. The Balaban J connectivity index is 2.52. The number of hydrogen-bond acceptors (Lipinski definition) is 4. The van der Waals surface area contributed by atoms with E-state index >= 15 is 0 Å². The maximum absolute atomic E-state index is 12.0. The molecule has 0 aliphatic carbocycles. The molecule has 0 spiro atoms. The van der Waals surface area contributed by atoms with Crippen LogP contribution in [0, 0.1) is 0 Å².